The number of amides is 1. The van der Waals surface area contributed by atoms with Gasteiger partial charge in [0.2, 0.25) is 5.91 Å². The number of hydrogen-bond acceptors (Lipinski definition) is 5. The molecule has 1 aliphatic rings. The van der Waals surface area contributed by atoms with Crippen molar-refractivity contribution >= 4 is 17.2 Å². The van der Waals surface area contributed by atoms with Gasteiger partial charge in [0.05, 0.1) is 43.6 Å². The lowest BCUT2D eigenvalue weighted by Crippen LogP contribution is -2.40. The number of halogens is 3. The van der Waals surface area contributed by atoms with E-state index in [-0.39, 0.29) is 18.4 Å². The molecule has 1 saturated heterocycles. The van der Waals surface area contributed by atoms with E-state index in [2.05, 4.69) is 10.3 Å². The second-order valence-corrected chi connectivity index (χ2v) is 6.63. The first-order chi connectivity index (χ1) is 12.4. The summed E-state index contributed by atoms with van der Waals surface area (Å²) in [6.45, 7) is 1.91. The first-order valence-corrected chi connectivity index (χ1v) is 8.88. The normalized spacial score (nSPS) is 17.9. The van der Waals surface area contributed by atoms with Crippen molar-refractivity contribution in [3.05, 3.63) is 40.9 Å². The first-order valence-electron chi connectivity index (χ1n) is 8.00. The van der Waals surface area contributed by atoms with Crippen LogP contribution in [-0.2, 0) is 26.9 Å². The smallest absolute Gasteiger partial charge is 0.376 e. The Kier molecular flexibility index (Phi) is 5.90. The third-order valence-corrected chi connectivity index (χ3v) is 4.70. The predicted octanol–water partition coefficient (Wildman–Crippen LogP) is 2.90. The van der Waals surface area contributed by atoms with Gasteiger partial charge < -0.3 is 14.8 Å². The highest BCUT2D eigenvalue weighted by Gasteiger charge is 2.30. The fourth-order valence-corrected chi connectivity index (χ4v) is 3.26. The number of benzene rings is 1. The molecule has 0 aliphatic carbocycles. The second kappa shape index (κ2) is 8.15. The summed E-state index contributed by atoms with van der Waals surface area (Å²) in [7, 11) is 0. The van der Waals surface area contributed by atoms with Crippen molar-refractivity contribution in [2.75, 3.05) is 26.4 Å². The Labute approximate surface area is 152 Å². The highest BCUT2D eigenvalue weighted by atomic mass is 32.1. The summed E-state index contributed by atoms with van der Waals surface area (Å²) in [5.41, 5.74) is 0.456. The molecule has 1 aliphatic heterocycles. The molecule has 1 atom stereocenters. The number of thiazole rings is 1. The third kappa shape index (κ3) is 5.03. The molecule has 26 heavy (non-hydrogen) atoms. The van der Waals surface area contributed by atoms with E-state index in [1.165, 1.54) is 23.5 Å². The Balaban J connectivity index is 1.54. The molecule has 0 spiro atoms. The van der Waals surface area contributed by atoms with Crippen LogP contribution in [0.15, 0.2) is 29.6 Å². The van der Waals surface area contributed by atoms with E-state index in [1.807, 2.05) is 0 Å². The number of hydrogen-bond donors (Lipinski definition) is 1. The molecule has 1 unspecified atom stereocenters. The predicted molar refractivity (Wildman–Crippen MR) is 89.8 cm³/mol. The topological polar surface area (TPSA) is 60.5 Å². The van der Waals surface area contributed by atoms with Gasteiger partial charge in [-0.05, 0) is 12.1 Å². The third-order valence-electron chi connectivity index (χ3n) is 3.76. The van der Waals surface area contributed by atoms with E-state index in [0.29, 0.717) is 42.6 Å². The summed E-state index contributed by atoms with van der Waals surface area (Å²) in [4.78, 5) is 16.3. The van der Waals surface area contributed by atoms with Crippen LogP contribution in [0.2, 0.25) is 0 Å². The van der Waals surface area contributed by atoms with Crippen molar-refractivity contribution in [2.24, 2.45) is 0 Å². The summed E-state index contributed by atoms with van der Waals surface area (Å²) in [6, 6.07) is 4.81. The van der Waals surface area contributed by atoms with Crippen LogP contribution in [0.5, 0.6) is 0 Å². The second-order valence-electron chi connectivity index (χ2n) is 5.77. The van der Waals surface area contributed by atoms with Gasteiger partial charge in [-0.15, -0.1) is 11.3 Å². The quantitative estimate of drug-likeness (QED) is 0.859. The molecule has 140 valence electrons. The molecule has 1 N–H and O–H groups in total. The molecule has 0 saturated carbocycles. The SMILES string of the molecule is O=C(Cc1csc(-c2ccc(C(F)(F)F)cc2)n1)NCC1COCCO1. The number of ether oxygens (including phenoxy) is 2. The lowest BCUT2D eigenvalue weighted by Gasteiger charge is -2.22. The van der Waals surface area contributed by atoms with Crippen molar-refractivity contribution in [3.63, 3.8) is 0 Å². The Morgan fingerprint density at radius 1 is 1.27 bits per heavy atom. The van der Waals surface area contributed by atoms with Crippen LogP contribution in [0.4, 0.5) is 13.2 Å². The Hall–Kier alpha value is -1.97. The van der Waals surface area contributed by atoms with Gasteiger partial charge in [-0.3, -0.25) is 4.79 Å². The average Bonchev–Trinajstić information content (AvgIpc) is 3.09. The van der Waals surface area contributed by atoms with E-state index >= 15 is 0 Å². The van der Waals surface area contributed by atoms with Crippen molar-refractivity contribution in [3.8, 4) is 10.6 Å². The monoisotopic (exact) mass is 386 g/mol. The molecular weight excluding hydrogens is 369 g/mol. The molecule has 9 heteroatoms. The molecule has 3 rings (SSSR count). The van der Waals surface area contributed by atoms with Crippen LogP contribution in [0.1, 0.15) is 11.3 Å². The minimum absolute atomic E-state index is 0.102. The summed E-state index contributed by atoms with van der Waals surface area (Å²) in [5.74, 6) is -0.191. The lowest BCUT2D eigenvalue weighted by molar-refractivity contribution is -0.137. The van der Waals surface area contributed by atoms with Crippen molar-refractivity contribution < 1.29 is 27.4 Å². The van der Waals surface area contributed by atoms with E-state index < -0.39 is 11.7 Å². The van der Waals surface area contributed by atoms with Gasteiger partial charge in [0.1, 0.15) is 5.01 Å². The number of alkyl halides is 3. The van der Waals surface area contributed by atoms with Crippen LogP contribution in [0, 0.1) is 0 Å². The summed E-state index contributed by atoms with van der Waals surface area (Å²) < 4.78 is 48.5. The van der Waals surface area contributed by atoms with Crippen LogP contribution in [0.25, 0.3) is 10.6 Å². The molecule has 1 aromatic carbocycles. The summed E-state index contributed by atoms with van der Waals surface area (Å²) >= 11 is 1.29. The van der Waals surface area contributed by atoms with E-state index in [4.69, 9.17) is 9.47 Å². The maximum Gasteiger partial charge on any atom is 0.416 e. The fraction of sp³-hybridized carbons (Fsp3) is 0.412. The molecular formula is C17H17F3N2O3S. The van der Waals surface area contributed by atoms with Crippen molar-refractivity contribution in [1.29, 1.82) is 0 Å². The number of carbonyl (C=O) groups excluding carboxylic acids is 1. The van der Waals surface area contributed by atoms with Gasteiger partial charge in [-0.25, -0.2) is 4.98 Å². The minimum Gasteiger partial charge on any atom is -0.376 e. The van der Waals surface area contributed by atoms with Gasteiger partial charge in [0, 0.05) is 17.5 Å². The zero-order valence-electron chi connectivity index (χ0n) is 13.7. The molecule has 0 radical (unpaired) electrons. The van der Waals surface area contributed by atoms with Crippen LogP contribution < -0.4 is 5.32 Å². The number of nitrogens with zero attached hydrogens (tertiary/aromatic N) is 1. The van der Waals surface area contributed by atoms with Gasteiger partial charge in [0.15, 0.2) is 0 Å². The van der Waals surface area contributed by atoms with Crippen molar-refractivity contribution in [2.45, 2.75) is 18.7 Å². The lowest BCUT2D eigenvalue weighted by atomic mass is 10.1. The number of rotatable bonds is 5. The van der Waals surface area contributed by atoms with Crippen LogP contribution >= 0.6 is 11.3 Å². The van der Waals surface area contributed by atoms with E-state index in [0.717, 1.165) is 12.1 Å². The fourth-order valence-electron chi connectivity index (χ4n) is 2.43. The number of carbonyl (C=O) groups is 1. The number of aromatic nitrogens is 1. The molecule has 1 aromatic heterocycles. The molecule has 2 heterocycles. The summed E-state index contributed by atoms with van der Waals surface area (Å²) in [5, 5.41) is 5.07. The molecule has 0 bridgehead atoms. The number of nitrogens with one attached hydrogen (secondary N) is 1. The van der Waals surface area contributed by atoms with Gasteiger partial charge in [-0.1, -0.05) is 12.1 Å². The van der Waals surface area contributed by atoms with Crippen molar-refractivity contribution in [1.82, 2.24) is 10.3 Å². The zero-order valence-corrected chi connectivity index (χ0v) is 14.5. The van der Waals surface area contributed by atoms with E-state index in [9.17, 15) is 18.0 Å². The Morgan fingerprint density at radius 2 is 2.04 bits per heavy atom. The maximum atomic E-state index is 12.6. The van der Waals surface area contributed by atoms with Gasteiger partial charge >= 0.3 is 6.18 Å². The average molecular weight is 386 g/mol. The summed E-state index contributed by atoms with van der Waals surface area (Å²) in [6.07, 6.45) is -4.41. The van der Waals surface area contributed by atoms with Crippen LogP contribution in [0.3, 0.4) is 0 Å². The first kappa shape index (κ1) is 18.8. The molecule has 1 amide bonds. The Morgan fingerprint density at radius 3 is 2.69 bits per heavy atom. The molecule has 1 fully saturated rings. The standard InChI is InChI=1S/C17H17F3N2O3S/c18-17(19,20)12-3-1-11(2-4-12)16-22-13(10-26-16)7-15(23)21-8-14-9-24-5-6-25-14/h1-4,10,14H,5-9H2,(H,21,23). The van der Waals surface area contributed by atoms with Gasteiger partial charge in [-0.2, -0.15) is 13.2 Å². The van der Waals surface area contributed by atoms with E-state index in [1.54, 1.807) is 5.38 Å². The zero-order chi connectivity index (χ0) is 18.6. The Bertz CT molecular complexity index is 740. The minimum atomic E-state index is -4.36. The highest BCUT2D eigenvalue weighted by Crippen LogP contribution is 2.31. The molecule has 5 nitrogen and oxygen atoms in total. The van der Waals surface area contributed by atoms with Crippen LogP contribution in [-0.4, -0.2) is 43.4 Å². The molecule has 2 aromatic rings. The largest absolute Gasteiger partial charge is 0.416 e. The maximum absolute atomic E-state index is 12.6. The van der Waals surface area contributed by atoms with Gasteiger partial charge in [0.25, 0.3) is 0 Å². The highest BCUT2D eigenvalue weighted by molar-refractivity contribution is 7.13.